The molecule has 0 radical (unpaired) electrons. The van der Waals surface area contributed by atoms with E-state index in [0.29, 0.717) is 12.5 Å². The molecule has 7 heteroatoms. The molecule has 0 bridgehead atoms. The minimum atomic E-state index is -0.743. The monoisotopic (exact) mass is 285 g/mol. The number of hydrogen-bond acceptors (Lipinski definition) is 4. The summed E-state index contributed by atoms with van der Waals surface area (Å²) in [6.07, 6.45) is 1.34. The third-order valence-electron chi connectivity index (χ3n) is 2.10. The van der Waals surface area contributed by atoms with Gasteiger partial charge in [-0.05, 0) is 6.92 Å². The summed E-state index contributed by atoms with van der Waals surface area (Å²) in [6.45, 7) is 2.50. The minimum absolute atomic E-state index is 0.0256. The van der Waals surface area contributed by atoms with E-state index >= 15 is 0 Å². The Morgan fingerprint density at radius 3 is 2.58 bits per heavy atom. The highest BCUT2D eigenvalue weighted by Gasteiger charge is 2.09. The smallest absolute Gasteiger partial charge is 0.243 e. The second-order valence-electron chi connectivity index (χ2n) is 3.58. The molecule has 0 unspecified atom stereocenters. The minimum Gasteiger partial charge on any atom is -0.437 e. The zero-order valence-corrected chi connectivity index (χ0v) is 10.7. The van der Waals surface area contributed by atoms with Crippen LogP contribution in [0.15, 0.2) is 24.4 Å². The van der Waals surface area contributed by atoms with Crippen LogP contribution < -0.4 is 10.1 Å². The summed E-state index contributed by atoms with van der Waals surface area (Å²) in [4.78, 5) is 7.92. The normalized spacial score (nSPS) is 10.3. The Morgan fingerprint density at radius 2 is 1.95 bits per heavy atom. The van der Waals surface area contributed by atoms with Crippen LogP contribution in [-0.2, 0) is 0 Å². The van der Waals surface area contributed by atoms with Crippen LogP contribution in [0.25, 0.3) is 0 Å². The van der Waals surface area contributed by atoms with Crippen molar-refractivity contribution in [1.29, 1.82) is 0 Å². The summed E-state index contributed by atoms with van der Waals surface area (Å²) < 4.78 is 31.3. The molecule has 0 fully saturated rings. The van der Waals surface area contributed by atoms with Gasteiger partial charge in [0.2, 0.25) is 11.8 Å². The summed E-state index contributed by atoms with van der Waals surface area (Å²) in [6, 6.07) is 2.82. The molecule has 2 aromatic rings. The molecule has 19 heavy (non-hydrogen) atoms. The van der Waals surface area contributed by atoms with Gasteiger partial charge in [-0.2, -0.15) is 4.98 Å². The molecule has 4 nitrogen and oxygen atoms in total. The zero-order chi connectivity index (χ0) is 13.8. The summed E-state index contributed by atoms with van der Waals surface area (Å²) in [5.41, 5.74) is 0. The maximum absolute atomic E-state index is 13.0. The fourth-order valence-electron chi connectivity index (χ4n) is 1.37. The molecule has 1 heterocycles. The lowest BCUT2D eigenvalue weighted by atomic mass is 10.3. The number of anilines is 1. The van der Waals surface area contributed by atoms with E-state index in [4.69, 9.17) is 16.3 Å². The van der Waals surface area contributed by atoms with Crippen molar-refractivity contribution in [1.82, 2.24) is 9.97 Å². The van der Waals surface area contributed by atoms with Crippen molar-refractivity contribution in [2.75, 3.05) is 11.9 Å². The molecule has 0 aliphatic carbocycles. The van der Waals surface area contributed by atoms with Crippen molar-refractivity contribution in [3.8, 4) is 11.6 Å². The first-order valence-corrected chi connectivity index (χ1v) is 5.86. The van der Waals surface area contributed by atoms with E-state index in [2.05, 4.69) is 15.3 Å². The Labute approximate surface area is 113 Å². The van der Waals surface area contributed by atoms with Crippen LogP contribution in [0.5, 0.6) is 11.6 Å². The first kappa shape index (κ1) is 13.5. The second-order valence-corrected chi connectivity index (χ2v) is 3.99. The maximum Gasteiger partial charge on any atom is 0.243 e. The van der Waals surface area contributed by atoms with E-state index < -0.39 is 11.6 Å². The van der Waals surface area contributed by atoms with Crippen molar-refractivity contribution in [3.05, 3.63) is 41.1 Å². The van der Waals surface area contributed by atoms with Gasteiger partial charge in [0.05, 0.1) is 6.20 Å². The number of benzene rings is 1. The molecule has 1 aromatic heterocycles. The van der Waals surface area contributed by atoms with Crippen molar-refractivity contribution in [3.63, 3.8) is 0 Å². The van der Waals surface area contributed by atoms with Crippen LogP contribution in [0.1, 0.15) is 6.92 Å². The molecule has 0 aliphatic heterocycles. The maximum atomic E-state index is 13.0. The quantitative estimate of drug-likeness (QED) is 0.932. The highest BCUT2D eigenvalue weighted by atomic mass is 35.5. The molecule has 0 atom stereocenters. The average Bonchev–Trinajstić information content (AvgIpc) is 2.32. The van der Waals surface area contributed by atoms with Gasteiger partial charge >= 0.3 is 0 Å². The van der Waals surface area contributed by atoms with Gasteiger partial charge in [0.25, 0.3) is 0 Å². The molecule has 0 saturated heterocycles. The van der Waals surface area contributed by atoms with Crippen molar-refractivity contribution >= 4 is 17.5 Å². The molecule has 100 valence electrons. The van der Waals surface area contributed by atoms with Crippen molar-refractivity contribution in [2.45, 2.75) is 6.92 Å². The van der Waals surface area contributed by atoms with E-state index in [9.17, 15) is 8.78 Å². The topological polar surface area (TPSA) is 47.0 Å². The average molecular weight is 286 g/mol. The van der Waals surface area contributed by atoms with E-state index in [1.165, 1.54) is 6.20 Å². The molecule has 2 rings (SSSR count). The SMILES string of the molecule is CCNc1ncc(Cl)c(Oc2cc(F)cc(F)c2)n1. The van der Waals surface area contributed by atoms with Crippen LogP contribution in [0.3, 0.4) is 0 Å². The lowest BCUT2D eigenvalue weighted by molar-refractivity contribution is 0.451. The molecule has 0 saturated carbocycles. The summed E-state index contributed by atoms with van der Waals surface area (Å²) in [5.74, 6) is -1.17. The predicted octanol–water partition coefficient (Wildman–Crippen LogP) is 3.63. The largest absolute Gasteiger partial charge is 0.437 e. The fraction of sp³-hybridized carbons (Fsp3) is 0.167. The van der Waals surface area contributed by atoms with Crippen molar-refractivity contribution < 1.29 is 13.5 Å². The number of rotatable bonds is 4. The highest BCUT2D eigenvalue weighted by Crippen LogP contribution is 2.28. The molecular formula is C12H10ClF2N3O. The van der Waals surface area contributed by atoms with Crippen LogP contribution in [-0.4, -0.2) is 16.5 Å². The molecule has 1 aromatic carbocycles. The zero-order valence-electron chi connectivity index (χ0n) is 9.95. The van der Waals surface area contributed by atoms with Crippen LogP contribution in [0.4, 0.5) is 14.7 Å². The Bertz CT molecular complexity index is 575. The summed E-state index contributed by atoms with van der Waals surface area (Å²) in [7, 11) is 0. The van der Waals surface area contributed by atoms with Gasteiger partial charge in [-0.1, -0.05) is 11.6 Å². The van der Waals surface area contributed by atoms with Gasteiger partial charge in [0.1, 0.15) is 22.4 Å². The Kier molecular flexibility index (Phi) is 4.11. The van der Waals surface area contributed by atoms with E-state index in [0.717, 1.165) is 18.2 Å². The third kappa shape index (κ3) is 3.51. The molecule has 0 amide bonds. The predicted molar refractivity (Wildman–Crippen MR) is 67.6 cm³/mol. The standard InChI is InChI=1S/C12H10ClF2N3O/c1-2-16-12-17-6-10(13)11(18-12)19-9-4-7(14)3-8(15)5-9/h3-6H,2H2,1H3,(H,16,17,18). The Morgan fingerprint density at radius 1 is 1.26 bits per heavy atom. The van der Waals surface area contributed by atoms with Crippen LogP contribution in [0.2, 0.25) is 5.02 Å². The van der Waals surface area contributed by atoms with Crippen LogP contribution in [0, 0.1) is 11.6 Å². The molecule has 1 N–H and O–H groups in total. The highest BCUT2D eigenvalue weighted by molar-refractivity contribution is 6.31. The van der Waals surface area contributed by atoms with E-state index in [-0.39, 0.29) is 16.7 Å². The number of hydrogen-bond donors (Lipinski definition) is 1. The van der Waals surface area contributed by atoms with E-state index in [1.807, 2.05) is 6.92 Å². The van der Waals surface area contributed by atoms with Gasteiger partial charge in [-0.3, -0.25) is 0 Å². The summed E-state index contributed by atoms with van der Waals surface area (Å²) >= 11 is 5.86. The number of nitrogens with one attached hydrogen (secondary N) is 1. The Hall–Kier alpha value is -1.95. The van der Waals surface area contributed by atoms with Crippen molar-refractivity contribution in [2.24, 2.45) is 0 Å². The molecule has 0 spiro atoms. The summed E-state index contributed by atoms with van der Waals surface area (Å²) in [5, 5.41) is 3.02. The van der Waals surface area contributed by atoms with Gasteiger partial charge in [-0.25, -0.2) is 13.8 Å². The third-order valence-corrected chi connectivity index (χ3v) is 2.36. The van der Waals surface area contributed by atoms with Gasteiger partial charge in [-0.15, -0.1) is 0 Å². The number of nitrogens with zero attached hydrogens (tertiary/aromatic N) is 2. The number of aromatic nitrogens is 2. The number of ether oxygens (including phenoxy) is 1. The number of halogens is 3. The molecule has 0 aliphatic rings. The molecular weight excluding hydrogens is 276 g/mol. The van der Waals surface area contributed by atoms with Crippen LogP contribution >= 0.6 is 11.6 Å². The second kappa shape index (κ2) is 5.79. The fourth-order valence-corrected chi connectivity index (χ4v) is 1.50. The van der Waals surface area contributed by atoms with Gasteiger partial charge in [0, 0.05) is 24.7 Å². The van der Waals surface area contributed by atoms with Gasteiger partial charge in [0.15, 0.2) is 0 Å². The lowest BCUT2D eigenvalue weighted by Gasteiger charge is -2.08. The first-order valence-electron chi connectivity index (χ1n) is 5.49. The van der Waals surface area contributed by atoms with Gasteiger partial charge < -0.3 is 10.1 Å². The lowest BCUT2D eigenvalue weighted by Crippen LogP contribution is -2.03. The first-order chi connectivity index (χ1) is 9.08. The Balaban J connectivity index is 2.28. The van der Waals surface area contributed by atoms with E-state index in [1.54, 1.807) is 0 Å².